The molecule has 1 aromatic heterocycles. The van der Waals surface area contributed by atoms with Crippen molar-refractivity contribution in [3.05, 3.63) is 60.3 Å². The second-order valence-electron chi connectivity index (χ2n) is 5.86. The van der Waals surface area contributed by atoms with Gasteiger partial charge in [-0.15, -0.1) is 0 Å². The van der Waals surface area contributed by atoms with E-state index in [-0.39, 0.29) is 11.0 Å². The Morgan fingerprint density at radius 2 is 1.79 bits per heavy atom. The Morgan fingerprint density at radius 1 is 1.08 bits per heavy atom. The Balaban J connectivity index is 2.21. The summed E-state index contributed by atoms with van der Waals surface area (Å²) in [6, 6.07) is 15.3. The smallest absolute Gasteiger partial charge is 0.263 e. The molecule has 0 N–H and O–H groups in total. The van der Waals surface area contributed by atoms with E-state index < -0.39 is 9.05 Å². The molecule has 0 radical (unpaired) electrons. The van der Waals surface area contributed by atoms with Crippen LogP contribution in [0.4, 0.5) is 0 Å². The Labute approximate surface area is 146 Å². The van der Waals surface area contributed by atoms with E-state index >= 15 is 0 Å². The SMILES string of the molecule is CC(C)Oc1cccc2c1c(S(=O)(=O)Cl)cn2Cc1ccccc1. The van der Waals surface area contributed by atoms with E-state index in [0.717, 1.165) is 11.1 Å². The number of benzene rings is 2. The number of nitrogens with zero attached hydrogens (tertiary/aromatic N) is 1. The van der Waals surface area contributed by atoms with Crippen LogP contribution >= 0.6 is 10.7 Å². The maximum absolute atomic E-state index is 12.0. The molecule has 3 rings (SSSR count). The molecule has 0 fully saturated rings. The molecule has 0 atom stereocenters. The Morgan fingerprint density at radius 3 is 2.42 bits per heavy atom. The predicted molar refractivity (Wildman–Crippen MR) is 96.3 cm³/mol. The molecule has 0 aliphatic rings. The van der Waals surface area contributed by atoms with Crippen molar-refractivity contribution < 1.29 is 13.2 Å². The fourth-order valence-corrected chi connectivity index (χ4v) is 3.78. The fourth-order valence-electron chi connectivity index (χ4n) is 2.73. The number of halogens is 1. The summed E-state index contributed by atoms with van der Waals surface area (Å²) >= 11 is 0. The van der Waals surface area contributed by atoms with Gasteiger partial charge in [0.05, 0.1) is 17.0 Å². The van der Waals surface area contributed by atoms with Crippen molar-refractivity contribution in [1.29, 1.82) is 0 Å². The highest BCUT2D eigenvalue weighted by atomic mass is 35.7. The zero-order chi connectivity index (χ0) is 17.3. The lowest BCUT2D eigenvalue weighted by Gasteiger charge is -2.12. The molecule has 126 valence electrons. The van der Waals surface area contributed by atoms with Gasteiger partial charge in [0.2, 0.25) is 0 Å². The molecule has 4 nitrogen and oxygen atoms in total. The number of rotatable bonds is 5. The summed E-state index contributed by atoms with van der Waals surface area (Å²) in [5.74, 6) is 0.522. The van der Waals surface area contributed by atoms with Crippen LogP contribution in [0.1, 0.15) is 19.4 Å². The summed E-state index contributed by atoms with van der Waals surface area (Å²) in [4.78, 5) is 0.0753. The normalized spacial score (nSPS) is 12.0. The van der Waals surface area contributed by atoms with Gasteiger partial charge in [-0.25, -0.2) is 8.42 Å². The zero-order valence-corrected chi connectivity index (χ0v) is 15.0. The zero-order valence-electron chi connectivity index (χ0n) is 13.4. The van der Waals surface area contributed by atoms with Crippen molar-refractivity contribution >= 4 is 30.6 Å². The van der Waals surface area contributed by atoms with Crippen LogP contribution in [-0.2, 0) is 15.6 Å². The molecule has 0 aliphatic heterocycles. The largest absolute Gasteiger partial charge is 0.490 e. The summed E-state index contributed by atoms with van der Waals surface area (Å²) in [5, 5.41) is 0.525. The molecule has 0 spiro atoms. The van der Waals surface area contributed by atoms with Gasteiger partial charge < -0.3 is 9.30 Å². The van der Waals surface area contributed by atoms with Crippen molar-refractivity contribution in [3.63, 3.8) is 0 Å². The highest BCUT2D eigenvalue weighted by molar-refractivity contribution is 8.14. The van der Waals surface area contributed by atoms with Crippen LogP contribution in [0.5, 0.6) is 5.75 Å². The molecule has 6 heteroatoms. The first kappa shape index (κ1) is 16.9. The molecule has 0 saturated heterocycles. The van der Waals surface area contributed by atoms with Gasteiger partial charge in [-0.1, -0.05) is 36.4 Å². The van der Waals surface area contributed by atoms with E-state index in [9.17, 15) is 8.42 Å². The second kappa shape index (κ2) is 6.49. The minimum Gasteiger partial charge on any atom is -0.490 e. The van der Waals surface area contributed by atoms with Gasteiger partial charge in [0, 0.05) is 23.4 Å². The minimum atomic E-state index is -3.89. The quantitative estimate of drug-likeness (QED) is 0.631. The van der Waals surface area contributed by atoms with E-state index in [2.05, 4.69) is 0 Å². The third kappa shape index (κ3) is 3.42. The van der Waals surface area contributed by atoms with E-state index in [1.54, 1.807) is 12.3 Å². The van der Waals surface area contributed by atoms with Crippen molar-refractivity contribution in [2.75, 3.05) is 0 Å². The van der Waals surface area contributed by atoms with Crippen LogP contribution < -0.4 is 4.74 Å². The van der Waals surface area contributed by atoms with Crippen LogP contribution in [0.3, 0.4) is 0 Å². The maximum atomic E-state index is 12.0. The van der Waals surface area contributed by atoms with Gasteiger partial charge in [0.1, 0.15) is 10.6 Å². The molecule has 0 amide bonds. The maximum Gasteiger partial charge on any atom is 0.263 e. The second-order valence-corrected chi connectivity index (χ2v) is 8.40. The highest BCUT2D eigenvalue weighted by Crippen LogP contribution is 2.36. The predicted octanol–water partition coefficient (Wildman–Crippen LogP) is 4.40. The van der Waals surface area contributed by atoms with Crippen molar-refractivity contribution in [2.45, 2.75) is 31.4 Å². The van der Waals surface area contributed by atoms with Gasteiger partial charge >= 0.3 is 0 Å². The number of hydrogen-bond acceptors (Lipinski definition) is 3. The van der Waals surface area contributed by atoms with E-state index in [4.69, 9.17) is 15.4 Å². The average Bonchev–Trinajstić information content (AvgIpc) is 2.88. The third-order valence-corrected chi connectivity index (χ3v) is 4.99. The van der Waals surface area contributed by atoms with Crippen molar-refractivity contribution in [2.24, 2.45) is 0 Å². The first-order valence-corrected chi connectivity index (χ1v) is 9.94. The molecule has 3 aromatic rings. The van der Waals surface area contributed by atoms with Gasteiger partial charge in [-0.2, -0.15) is 0 Å². The molecule has 0 bridgehead atoms. The molecule has 0 unspecified atom stereocenters. The lowest BCUT2D eigenvalue weighted by atomic mass is 10.2. The molecule has 2 aromatic carbocycles. The van der Waals surface area contributed by atoms with E-state index in [1.807, 2.05) is 60.9 Å². The van der Waals surface area contributed by atoms with Crippen molar-refractivity contribution in [1.82, 2.24) is 4.57 Å². The summed E-state index contributed by atoms with van der Waals surface area (Å²) in [7, 11) is 1.78. The van der Waals surface area contributed by atoms with E-state index in [0.29, 0.717) is 17.7 Å². The summed E-state index contributed by atoms with van der Waals surface area (Å²) < 4.78 is 31.8. The first-order chi connectivity index (χ1) is 11.4. The van der Waals surface area contributed by atoms with Gasteiger partial charge in [-0.3, -0.25) is 0 Å². The molecular weight excluding hydrogens is 346 g/mol. The summed E-state index contributed by atoms with van der Waals surface area (Å²) in [6.07, 6.45) is 1.51. The minimum absolute atomic E-state index is 0.0704. The van der Waals surface area contributed by atoms with E-state index in [1.165, 1.54) is 0 Å². The standard InChI is InChI=1S/C18H18ClNO3S/c1-13(2)23-16-10-6-9-15-18(16)17(24(19,21)22)12-20(15)11-14-7-4-3-5-8-14/h3-10,12-13H,11H2,1-2H3. The van der Waals surface area contributed by atoms with Gasteiger partial charge in [-0.05, 0) is 31.5 Å². The van der Waals surface area contributed by atoms with Gasteiger partial charge in [0.15, 0.2) is 0 Å². The molecular formula is C18H18ClNO3S. The monoisotopic (exact) mass is 363 g/mol. The summed E-state index contributed by atoms with van der Waals surface area (Å²) in [5.41, 5.74) is 1.85. The topological polar surface area (TPSA) is 48.3 Å². The third-order valence-electron chi connectivity index (χ3n) is 3.65. The van der Waals surface area contributed by atoms with Crippen LogP contribution in [0, 0.1) is 0 Å². The molecule has 0 saturated carbocycles. The lowest BCUT2D eigenvalue weighted by Crippen LogP contribution is -2.06. The molecule has 1 heterocycles. The Bertz CT molecular complexity index is 963. The molecule has 0 aliphatic carbocycles. The number of aromatic nitrogens is 1. The Kier molecular flexibility index (Phi) is 4.56. The first-order valence-electron chi connectivity index (χ1n) is 7.63. The van der Waals surface area contributed by atoms with Crippen molar-refractivity contribution in [3.8, 4) is 5.75 Å². The molecule has 24 heavy (non-hydrogen) atoms. The van der Waals surface area contributed by atoms with Crippen LogP contribution in [0.2, 0.25) is 0 Å². The average molecular weight is 364 g/mol. The van der Waals surface area contributed by atoms with Crippen LogP contribution in [0.25, 0.3) is 10.9 Å². The van der Waals surface area contributed by atoms with Crippen LogP contribution in [-0.4, -0.2) is 19.1 Å². The highest BCUT2D eigenvalue weighted by Gasteiger charge is 2.22. The fraction of sp³-hybridized carbons (Fsp3) is 0.222. The lowest BCUT2D eigenvalue weighted by molar-refractivity contribution is 0.245. The van der Waals surface area contributed by atoms with Gasteiger partial charge in [0.25, 0.3) is 9.05 Å². The number of hydrogen-bond donors (Lipinski definition) is 0. The summed E-state index contributed by atoms with van der Waals surface area (Å²) in [6.45, 7) is 4.35. The Hall–Kier alpha value is -1.98. The van der Waals surface area contributed by atoms with Crippen LogP contribution in [0.15, 0.2) is 59.6 Å². The number of fused-ring (bicyclic) bond motifs is 1. The number of ether oxygens (including phenoxy) is 1.